The summed E-state index contributed by atoms with van der Waals surface area (Å²) < 4.78 is 2.13. The van der Waals surface area contributed by atoms with Crippen molar-refractivity contribution < 1.29 is 0 Å². The van der Waals surface area contributed by atoms with E-state index in [1.807, 2.05) is 12.4 Å². The molecule has 4 heteroatoms. The van der Waals surface area contributed by atoms with Crippen LogP contribution in [0.3, 0.4) is 0 Å². The van der Waals surface area contributed by atoms with Gasteiger partial charge in [0.1, 0.15) is 0 Å². The fourth-order valence-corrected chi connectivity index (χ4v) is 1.86. The lowest BCUT2D eigenvalue weighted by Crippen LogP contribution is -1.97. The van der Waals surface area contributed by atoms with E-state index in [0.717, 1.165) is 23.9 Å². The van der Waals surface area contributed by atoms with Gasteiger partial charge < -0.3 is 4.57 Å². The molecule has 0 radical (unpaired) electrons. The van der Waals surface area contributed by atoms with Gasteiger partial charge in [0, 0.05) is 31.1 Å². The maximum Gasteiger partial charge on any atom is 0.167 e. The Balaban J connectivity index is 2.46. The van der Waals surface area contributed by atoms with Gasteiger partial charge in [-0.15, -0.1) is 0 Å². The molecular formula is C9H13N3S. The average Bonchev–Trinajstić information content (AvgIpc) is 2.54. The second-order valence-electron chi connectivity index (χ2n) is 2.66. The van der Waals surface area contributed by atoms with Crippen LogP contribution in [0.1, 0.15) is 19.8 Å². The monoisotopic (exact) mass is 195 g/mol. The van der Waals surface area contributed by atoms with Gasteiger partial charge in [0.15, 0.2) is 5.16 Å². The highest BCUT2D eigenvalue weighted by Gasteiger charge is 2.01. The lowest BCUT2D eigenvalue weighted by atomic mass is 10.5. The van der Waals surface area contributed by atoms with Gasteiger partial charge in [0.25, 0.3) is 0 Å². The molecule has 13 heavy (non-hydrogen) atoms. The normalized spacial score (nSPS) is 9.85. The molecule has 70 valence electrons. The minimum atomic E-state index is 0.587. The van der Waals surface area contributed by atoms with E-state index in [1.54, 1.807) is 11.8 Å². The molecule has 0 aromatic carbocycles. The van der Waals surface area contributed by atoms with Gasteiger partial charge in [-0.3, -0.25) is 0 Å². The van der Waals surface area contributed by atoms with Crippen LogP contribution >= 0.6 is 11.8 Å². The van der Waals surface area contributed by atoms with Gasteiger partial charge in [-0.1, -0.05) is 18.7 Å². The smallest absolute Gasteiger partial charge is 0.167 e. The van der Waals surface area contributed by atoms with Crippen LogP contribution in [0, 0.1) is 11.3 Å². The topological polar surface area (TPSA) is 41.6 Å². The third-order valence-corrected chi connectivity index (χ3v) is 2.59. The largest absolute Gasteiger partial charge is 0.326 e. The van der Waals surface area contributed by atoms with Crippen molar-refractivity contribution >= 4 is 11.8 Å². The number of rotatable bonds is 5. The van der Waals surface area contributed by atoms with Crippen LogP contribution in [0.4, 0.5) is 0 Å². The summed E-state index contributed by atoms with van der Waals surface area (Å²) in [4.78, 5) is 4.22. The minimum absolute atomic E-state index is 0.587. The summed E-state index contributed by atoms with van der Waals surface area (Å²) in [5.74, 6) is 0.831. The Morgan fingerprint density at radius 1 is 1.69 bits per heavy atom. The highest BCUT2D eigenvalue weighted by Crippen LogP contribution is 2.16. The quantitative estimate of drug-likeness (QED) is 0.534. The van der Waals surface area contributed by atoms with E-state index in [-0.39, 0.29) is 0 Å². The van der Waals surface area contributed by atoms with E-state index in [9.17, 15) is 0 Å². The van der Waals surface area contributed by atoms with Crippen molar-refractivity contribution in [2.75, 3.05) is 5.75 Å². The maximum atomic E-state index is 8.38. The van der Waals surface area contributed by atoms with Crippen molar-refractivity contribution in [1.82, 2.24) is 9.55 Å². The molecular weight excluding hydrogens is 182 g/mol. The molecule has 1 aromatic heterocycles. The van der Waals surface area contributed by atoms with Crippen LogP contribution in [0.2, 0.25) is 0 Å². The number of hydrogen-bond donors (Lipinski definition) is 0. The zero-order valence-corrected chi connectivity index (χ0v) is 8.55. The number of aromatic nitrogens is 2. The fourth-order valence-electron chi connectivity index (χ4n) is 1.03. The third-order valence-electron chi connectivity index (χ3n) is 1.59. The molecule has 0 spiro atoms. The van der Waals surface area contributed by atoms with Crippen molar-refractivity contribution in [3.05, 3.63) is 12.4 Å². The number of nitrogens with zero attached hydrogens (tertiary/aromatic N) is 3. The average molecular weight is 195 g/mol. The van der Waals surface area contributed by atoms with Gasteiger partial charge in [-0.25, -0.2) is 4.98 Å². The minimum Gasteiger partial charge on any atom is -0.326 e. The predicted molar refractivity (Wildman–Crippen MR) is 53.5 cm³/mol. The second-order valence-corrected chi connectivity index (χ2v) is 3.72. The molecule has 0 aliphatic heterocycles. The SMILES string of the molecule is CCCn1ccnc1SCCC#N. The molecule has 0 aliphatic rings. The first-order valence-corrected chi connectivity index (χ1v) is 5.38. The zero-order valence-electron chi connectivity index (χ0n) is 7.73. The van der Waals surface area contributed by atoms with Gasteiger partial charge in [-0.05, 0) is 6.42 Å². The lowest BCUT2D eigenvalue weighted by molar-refractivity contribution is 0.621. The van der Waals surface area contributed by atoms with Crippen LogP contribution in [0.5, 0.6) is 0 Å². The lowest BCUT2D eigenvalue weighted by Gasteiger charge is -2.03. The zero-order chi connectivity index (χ0) is 9.52. The van der Waals surface area contributed by atoms with E-state index in [4.69, 9.17) is 5.26 Å². The number of aryl methyl sites for hydroxylation is 1. The number of imidazole rings is 1. The number of hydrogen-bond acceptors (Lipinski definition) is 3. The molecule has 1 aromatic rings. The summed E-state index contributed by atoms with van der Waals surface area (Å²) in [6.07, 6.45) is 5.49. The Labute approximate surface area is 82.8 Å². The Hall–Kier alpha value is -0.950. The molecule has 0 saturated carbocycles. The van der Waals surface area contributed by atoms with E-state index in [1.165, 1.54) is 0 Å². The summed E-state index contributed by atoms with van der Waals surface area (Å²) in [6.45, 7) is 3.15. The van der Waals surface area contributed by atoms with Gasteiger partial charge >= 0.3 is 0 Å². The van der Waals surface area contributed by atoms with Crippen LogP contribution < -0.4 is 0 Å². The van der Waals surface area contributed by atoms with Gasteiger partial charge in [0.05, 0.1) is 6.07 Å². The summed E-state index contributed by atoms with van der Waals surface area (Å²) in [6, 6.07) is 2.12. The van der Waals surface area contributed by atoms with E-state index < -0.39 is 0 Å². The number of thioether (sulfide) groups is 1. The highest BCUT2D eigenvalue weighted by molar-refractivity contribution is 7.99. The molecule has 3 nitrogen and oxygen atoms in total. The fraction of sp³-hybridized carbons (Fsp3) is 0.556. The number of nitriles is 1. The van der Waals surface area contributed by atoms with Gasteiger partial charge in [0.2, 0.25) is 0 Å². The first-order chi connectivity index (χ1) is 6.38. The van der Waals surface area contributed by atoms with E-state index >= 15 is 0 Å². The Morgan fingerprint density at radius 2 is 2.54 bits per heavy atom. The first kappa shape index (κ1) is 10.1. The van der Waals surface area contributed by atoms with Crippen LogP contribution in [-0.2, 0) is 6.54 Å². The predicted octanol–water partition coefficient (Wildman–Crippen LogP) is 2.30. The molecule has 0 N–H and O–H groups in total. The Bertz CT molecular complexity index is 287. The van der Waals surface area contributed by atoms with Crippen molar-refractivity contribution in [3.8, 4) is 6.07 Å². The summed E-state index contributed by atoms with van der Waals surface area (Å²) >= 11 is 1.65. The van der Waals surface area contributed by atoms with Crippen molar-refractivity contribution in [1.29, 1.82) is 5.26 Å². The van der Waals surface area contributed by atoms with Gasteiger partial charge in [-0.2, -0.15) is 5.26 Å². The Kier molecular flexibility index (Phi) is 4.41. The van der Waals surface area contributed by atoms with E-state index in [0.29, 0.717) is 6.42 Å². The molecule has 0 aliphatic carbocycles. The highest BCUT2D eigenvalue weighted by atomic mass is 32.2. The Morgan fingerprint density at radius 3 is 3.23 bits per heavy atom. The maximum absolute atomic E-state index is 8.38. The molecule has 0 unspecified atom stereocenters. The molecule has 0 fully saturated rings. The first-order valence-electron chi connectivity index (χ1n) is 4.39. The molecule has 0 bridgehead atoms. The van der Waals surface area contributed by atoms with E-state index in [2.05, 4.69) is 22.5 Å². The second kappa shape index (κ2) is 5.65. The summed E-state index contributed by atoms with van der Waals surface area (Å²) in [5.41, 5.74) is 0. The van der Waals surface area contributed by atoms with Crippen molar-refractivity contribution in [2.45, 2.75) is 31.5 Å². The summed E-state index contributed by atoms with van der Waals surface area (Å²) in [5, 5.41) is 9.40. The van der Waals surface area contributed by atoms with Crippen LogP contribution in [0.15, 0.2) is 17.6 Å². The molecule has 1 rings (SSSR count). The van der Waals surface area contributed by atoms with Crippen LogP contribution in [0.25, 0.3) is 0 Å². The third kappa shape index (κ3) is 3.11. The van der Waals surface area contributed by atoms with Crippen LogP contribution in [-0.4, -0.2) is 15.3 Å². The standard InChI is InChI=1S/C9H13N3S/c1-2-6-12-7-5-11-9(12)13-8-3-4-10/h5,7H,2-3,6,8H2,1H3. The molecule has 0 saturated heterocycles. The molecule has 0 atom stereocenters. The van der Waals surface area contributed by atoms with Crippen molar-refractivity contribution in [3.63, 3.8) is 0 Å². The molecule has 1 heterocycles. The molecule has 0 amide bonds. The van der Waals surface area contributed by atoms with Crippen molar-refractivity contribution in [2.24, 2.45) is 0 Å². The summed E-state index contributed by atoms with van der Waals surface area (Å²) in [7, 11) is 0.